The minimum atomic E-state index is 0.152. The fourth-order valence-electron chi connectivity index (χ4n) is 4.29. The molecule has 0 amide bonds. The Morgan fingerprint density at radius 2 is 2.19 bits per heavy atom. The average molecular weight is 288 g/mol. The molecule has 2 atom stereocenters. The molecule has 1 heterocycles. The van der Waals surface area contributed by atoms with Gasteiger partial charge < -0.3 is 10.5 Å². The van der Waals surface area contributed by atoms with Crippen LogP contribution >= 0.6 is 0 Å². The van der Waals surface area contributed by atoms with Crippen LogP contribution in [0.3, 0.4) is 0 Å². The van der Waals surface area contributed by atoms with Crippen molar-refractivity contribution in [1.29, 1.82) is 0 Å². The molecule has 1 aliphatic carbocycles. The summed E-state index contributed by atoms with van der Waals surface area (Å²) in [5.74, 6) is 0.966. The molecule has 1 saturated heterocycles. The molecule has 3 nitrogen and oxygen atoms in total. The highest BCUT2D eigenvalue weighted by Gasteiger charge is 2.41. The van der Waals surface area contributed by atoms with Crippen LogP contribution < -0.4 is 10.5 Å². The Morgan fingerprint density at radius 1 is 1.33 bits per heavy atom. The molecule has 1 fully saturated rings. The van der Waals surface area contributed by atoms with Gasteiger partial charge in [-0.05, 0) is 68.8 Å². The number of aryl methyl sites for hydroxylation is 1. The van der Waals surface area contributed by atoms with E-state index >= 15 is 0 Å². The van der Waals surface area contributed by atoms with Gasteiger partial charge >= 0.3 is 0 Å². The zero-order valence-electron chi connectivity index (χ0n) is 13.4. The molecule has 116 valence electrons. The normalized spacial score (nSPS) is 30.0. The Kier molecular flexibility index (Phi) is 4.23. The third kappa shape index (κ3) is 2.69. The number of methoxy groups -OCH3 is 1. The van der Waals surface area contributed by atoms with Crippen molar-refractivity contribution in [2.24, 2.45) is 5.73 Å². The fourth-order valence-corrected chi connectivity index (χ4v) is 4.29. The van der Waals surface area contributed by atoms with Crippen molar-refractivity contribution in [2.75, 3.05) is 20.2 Å². The van der Waals surface area contributed by atoms with E-state index in [0.717, 1.165) is 25.1 Å². The number of hydrogen-bond donors (Lipinski definition) is 1. The first kappa shape index (κ1) is 14.9. The van der Waals surface area contributed by atoms with E-state index in [0.29, 0.717) is 6.04 Å². The van der Waals surface area contributed by atoms with Gasteiger partial charge in [0.25, 0.3) is 0 Å². The van der Waals surface area contributed by atoms with Crippen molar-refractivity contribution in [3.63, 3.8) is 0 Å². The maximum atomic E-state index is 6.29. The molecule has 3 heteroatoms. The summed E-state index contributed by atoms with van der Waals surface area (Å²) in [5, 5.41) is 0. The number of piperidine rings is 1. The summed E-state index contributed by atoms with van der Waals surface area (Å²) in [5.41, 5.74) is 9.35. The van der Waals surface area contributed by atoms with E-state index in [1.54, 1.807) is 7.11 Å². The van der Waals surface area contributed by atoms with Gasteiger partial charge in [-0.2, -0.15) is 0 Å². The van der Waals surface area contributed by atoms with Gasteiger partial charge in [0.1, 0.15) is 5.75 Å². The highest BCUT2D eigenvalue weighted by Crippen LogP contribution is 2.37. The number of nitrogens with two attached hydrogens (primary N) is 1. The van der Waals surface area contributed by atoms with Crippen LogP contribution in [0.1, 0.15) is 43.7 Å². The molecule has 1 aromatic rings. The van der Waals surface area contributed by atoms with Gasteiger partial charge in [0, 0.05) is 18.1 Å². The standard InChI is InChI=1S/C18H28N2O/c1-14-5-3-4-10-20(14)18(13-19)9-8-15-6-7-17(21-2)11-16(15)12-18/h6-7,11,14H,3-5,8-10,12-13,19H2,1-2H3. The number of rotatable bonds is 3. The van der Waals surface area contributed by atoms with Gasteiger partial charge in [-0.15, -0.1) is 0 Å². The van der Waals surface area contributed by atoms with Crippen LogP contribution in [0.2, 0.25) is 0 Å². The van der Waals surface area contributed by atoms with Crippen LogP contribution in [0, 0.1) is 0 Å². The Balaban J connectivity index is 1.90. The van der Waals surface area contributed by atoms with Crippen LogP contribution in [-0.4, -0.2) is 36.7 Å². The van der Waals surface area contributed by atoms with E-state index in [-0.39, 0.29) is 5.54 Å². The second kappa shape index (κ2) is 5.98. The number of benzene rings is 1. The van der Waals surface area contributed by atoms with E-state index in [4.69, 9.17) is 10.5 Å². The minimum absolute atomic E-state index is 0.152. The third-order valence-electron chi connectivity index (χ3n) is 5.58. The highest BCUT2D eigenvalue weighted by molar-refractivity contribution is 5.39. The molecule has 2 N–H and O–H groups in total. The van der Waals surface area contributed by atoms with E-state index in [9.17, 15) is 0 Å². The first-order chi connectivity index (χ1) is 10.2. The molecule has 0 radical (unpaired) electrons. The number of hydrogen-bond acceptors (Lipinski definition) is 3. The van der Waals surface area contributed by atoms with Crippen LogP contribution in [0.25, 0.3) is 0 Å². The van der Waals surface area contributed by atoms with Gasteiger partial charge in [-0.1, -0.05) is 12.5 Å². The predicted octanol–water partition coefficient (Wildman–Crippen LogP) is 2.76. The average Bonchev–Trinajstić information content (AvgIpc) is 2.54. The lowest BCUT2D eigenvalue weighted by molar-refractivity contribution is 0.0195. The number of nitrogens with zero attached hydrogens (tertiary/aromatic N) is 1. The van der Waals surface area contributed by atoms with Crippen LogP contribution in [0.4, 0.5) is 0 Å². The molecule has 0 spiro atoms. The topological polar surface area (TPSA) is 38.5 Å². The van der Waals surface area contributed by atoms with Crippen LogP contribution in [0.15, 0.2) is 18.2 Å². The van der Waals surface area contributed by atoms with Gasteiger partial charge in [0.2, 0.25) is 0 Å². The summed E-state index contributed by atoms with van der Waals surface area (Å²) < 4.78 is 5.40. The fraction of sp³-hybridized carbons (Fsp3) is 0.667. The molecule has 1 aliphatic heterocycles. The molecule has 2 unspecified atom stereocenters. The largest absolute Gasteiger partial charge is 0.497 e. The van der Waals surface area contributed by atoms with Crippen LogP contribution in [-0.2, 0) is 12.8 Å². The molecule has 3 rings (SSSR count). The Labute approximate surface area is 128 Å². The molecule has 0 aromatic heterocycles. The smallest absolute Gasteiger partial charge is 0.119 e. The second-order valence-corrected chi connectivity index (χ2v) is 6.78. The summed E-state index contributed by atoms with van der Waals surface area (Å²) in [7, 11) is 1.74. The van der Waals surface area contributed by atoms with Crippen LogP contribution in [0.5, 0.6) is 5.75 Å². The molecule has 2 aliphatic rings. The van der Waals surface area contributed by atoms with E-state index in [1.807, 2.05) is 0 Å². The SMILES string of the molecule is COc1ccc2c(c1)CC(CN)(N1CCCCC1C)CC2. The van der Waals surface area contributed by atoms with E-state index in [1.165, 1.54) is 43.4 Å². The molecular formula is C18H28N2O. The zero-order chi connectivity index (χ0) is 14.9. The summed E-state index contributed by atoms with van der Waals surface area (Å²) in [6.45, 7) is 4.34. The van der Waals surface area contributed by atoms with E-state index in [2.05, 4.69) is 30.0 Å². The Hall–Kier alpha value is -1.06. The number of fused-ring (bicyclic) bond motifs is 1. The molecule has 0 bridgehead atoms. The molecule has 0 saturated carbocycles. The summed E-state index contributed by atoms with van der Waals surface area (Å²) >= 11 is 0. The lowest BCUT2D eigenvalue weighted by atomic mass is 9.75. The molecular weight excluding hydrogens is 260 g/mol. The van der Waals surface area contributed by atoms with Crippen molar-refractivity contribution in [3.05, 3.63) is 29.3 Å². The summed E-state index contributed by atoms with van der Waals surface area (Å²) in [4.78, 5) is 2.71. The van der Waals surface area contributed by atoms with Crippen molar-refractivity contribution in [3.8, 4) is 5.75 Å². The quantitative estimate of drug-likeness (QED) is 0.929. The third-order valence-corrected chi connectivity index (χ3v) is 5.58. The van der Waals surface area contributed by atoms with Crippen molar-refractivity contribution in [1.82, 2.24) is 4.90 Å². The number of ether oxygens (including phenoxy) is 1. The van der Waals surface area contributed by atoms with Gasteiger partial charge in [0.15, 0.2) is 0 Å². The molecule has 21 heavy (non-hydrogen) atoms. The minimum Gasteiger partial charge on any atom is -0.497 e. The second-order valence-electron chi connectivity index (χ2n) is 6.78. The van der Waals surface area contributed by atoms with Gasteiger partial charge in [0.05, 0.1) is 7.11 Å². The first-order valence-corrected chi connectivity index (χ1v) is 8.31. The number of likely N-dealkylation sites (tertiary alicyclic amines) is 1. The zero-order valence-corrected chi connectivity index (χ0v) is 13.4. The van der Waals surface area contributed by atoms with Crippen molar-refractivity contribution >= 4 is 0 Å². The van der Waals surface area contributed by atoms with Gasteiger partial charge in [-0.25, -0.2) is 0 Å². The maximum Gasteiger partial charge on any atom is 0.119 e. The Morgan fingerprint density at radius 3 is 2.90 bits per heavy atom. The Bertz CT molecular complexity index is 502. The summed E-state index contributed by atoms with van der Waals surface area (Å²) in [6, 6.07) is 7.19. The molecule has 1 aromatic carbocycles. The monoisotopic (exact) mass is 288 g/mol. The predicted molar refractivity (Wildman–Crippen MR) is 86.8 cm³/mol. The lowest BCUT2D eigenvalue weighted by Crippen LogP contribution is -2.61. The highest BCUT2D eigenvalue weighted by atomic mass is 16.5. The van der Waals surface area contributed by atoms with Crippen molar-refractivity contribution in [2.45, 2.75) is 57.0 Å². The first-order valence-electron chi connectivity index (χ1n) is 8.31. The summed E-state index contributed by atoms with van der Waals surface area (Å²) in [6.07, 6.45) is 7.39. The van der Waals surface area contributed by atoms with Crippen molar-refractivity contribution < 1.29 is 4.74 Å². The lowest BCUT2D eigenvalue weighted by Gasteiger charge is -2.51. The van der Waals surface area contributed by atoms with E-state index < -0.39 is 0 Å². The van der Waals surface area contributed by atoms with Gasteiger partial charge in [-0.3, -0.25) is 4.90 Å². The maximum absolute atomic E-state index is 6.29.